The lowest BCUT2D eigenvalue weighted by Crippen LogP contribution is -1.48. The summed E-state index contributed by atoms with van der Waals surface area (Å²) in [7, 11) is 0. The molecule has 0 spiro atoms. The highest BCUT2D eigenvalue weighted by molar-refractivity contribution is 5.28. The average Bonchev–Trinajstić information content (AvgIpc) is 2.59. The Bertz CT molecular complexity index is 855. The molecule has 0 heterocycles. The van der Waals surface area contributed by atoms with Gasteiger partial charge in [-0.05, 0) is 0 Å². The van der Waals surface area contributed by atoms with E-state index in [0.717, 1.165) is 0 Å². The Morgan fingerprint density at radius 1 is 0.208 bits per heavy atom. The van der Waals surface area contributed by atoms with Gasteiger partial charge in [0.15, 0.2) is 0 Å². The Balaban J connectivity index is 3.13. The maximum atomic E-state index is 2.74. The minimum atomic E-state index is 1.53. The largest absolute Gasteiger partial charge is 0.0604 e. The lowest BCUT2D eigenvalue weighted by atomic mass is 10.4. The lowest BCUT2D eigenvalue weighted by molar-refractivity contribution is 2.05. The van der Waals surface area contributed by atoms with E-state index in [2.05, 4.69) is 93.2 Å². The summed E-state index contributed by atoms with van der Waals surface area (Å²) in [6.07, 6.45) is 12.2. The van der Waals surface area contributed by atoms with E-state index < -0.39 is 0 Å². The van der Waals surface area contributed by atoms with Crippen molar-refractivity contribution in [1.82, 2.24) is 0 Å². The van der Waals surface area contributed by atoms with Crippen molar-refractivity contribution < 1.29 is 0 Å². The summed E-state index contributed by atoms with van der Waals surface area (Å²) in [5.41, 5.74) is 21.9. The van der Waals surface area contributed by atoms with Gasteiger partial charge >= 0.3 is 0 Å². The molecule has 1 aliphatic carbocycles. The molecule has 0 bridgehead atoms. The molecule has 0 unspecified atom stereocenters. The molecule has 0 aromatic rings. The van der Waals surface area contributed by atoms with Crippen molar-refractivity contribution >= 4 is 0 Å². The highest BCUT2D eigenvalue weighted by Gasteiger charge is 1.57. The third kappa shape index (κ3) is 12.5. The van der Waals surface area contributed by atoms with Crippen LogP contribution in [-0.4, -0.2) is 0 Å². The van der Waals surface area contributed by atoms with E-state index in [4.69, 9.17) is 0 Å². The van der Waals surface area contributed by atoms with Crippen LogP contribution in [-0.2, 0) is 0 Å². The molecule has 1 rings (SSSR count). The molecule has 0 saturated carbocycles. The van der Waals surface area contributed by atoms with Gasteiger partial charge in [-0.15, -0.1) is 0 Å². The molecule has 0 amide bonds. The van der Waals surface area contributed by atoms with E-state index in [1.807, 2.05) is 0 Å². The van der Waals surface area contributed by atoms with Crippen LogP contribution >= 0.6 is 0 Å². The van der Waals surface area contributed by atoms with Gasteiger partial charge in [0, 0.05) is 48.6 Å². The molecule has 0 heteroatoms. The molecule has 24 heavy (non-hydrogen) atoms. The number of rotatable bonds is 0. The molecule has 0 aromatic heterocycles. The SMILES string of the molecule is C1=C=CC#CC=C=C=CC#CC=C=C=CC#CC=C=C=CC#CC=1. The molecule has 0 atom stereocenters. The first-order valence-electron chi connectivity index (χ1n) is 6.62. The monoisotopic (exact) mass is 296 g/mol. The Hall–Kier alpha value is -4.56. The van der Waals surface area contributed by atoms with E-state index in [9.17, 15) is 0 Å². The van der Waals surface area contributed by atoms with Gasteiger partial charge in [-0.25, -0.2) is 0 Å². The normalized spacial score (nSPS) is 10.7. The number of allylic oxidation sites excluding steroid dienone is 8. The Morgan fingerprint density at radius 2 is 0.333 bits per heavy atom. The van der Waals surface area contributed by atoms with Gasteiger partial charge in [-0.2, -0.15) is 0 Å². The van der Waals surface area contributed by atoms with Crippen molar-refractivity contribution in [3.8, 4) is 47.4 Å². The van der Waals surface area contributed by atoms with E-state index in [1.165, 1.54) is 48.6 Å². The van der Waals surface area contributed by atoms with Gasteiger partial charge in [0.25, 0.3) is 0 Å². The van der Waals surface area contributed by atoms with Crippen LogP contribution in [0.15, 0.2) is 94.5 Å². The van der Waals surface area contributed by atoms with Crippen LogP contribution in [0.2, 0.25) is 0 Å². The van der Waals surface area contributed by atoms with Crippen molar-refractivity contribution in [2.24, 2.45) is 0 Å². The van der Waals surface area contributed by atoms with Gasteiger partial charge in [0.05, 0.1) is 0 Å². The third-order valence-electron chi connectivity index (χ3n) is 1.82. The molecular formula is C24H8. The molecule has 0 saturated heterocycles. The van der Waals surface area contributed by atoms with Crippen molar-refractivity contribution in [2.75, 3.05) is 0 Å². The summed E-state index contributed by atoms with van der Waals surface area (Å²) >= 11 is 0. The van der Waals surface area contributed by atoms with Crippen LogP contribution in [0.1, 0.15) is 0 Å². The van der Waals surface area contributed by atoms with Crippen LogP contribution < -0.4 is 0 Å². The first-order valence-corrected chi connectivity index (χ1v) is 6.62. The van der Waals surface area contributed by atoms with Gasteiger partial charge < -0.3 is 0 Å². The Kier molecular flexibility index (Phi) is 10.8. The maximum absolute atomic E-state index is 2.74. The molecule has 0 nitrogen and oxygen atoms in total. The van der Waals surface area contributed by atoms with E-state index >= 15 is 0 Å². The van der Waals surface area contributed by atoms with Gasteiger partial charge in [-0.3, -0.25) is 0 Å². The molecule has 0 aliphatic heterocycles. The van der Waals surface area contributed by atoms with Crippen LogP contribution in [0.25, 0.3) is 0 Å². The second-order valence-corrected chi connectivity index (χ2v) is 3.46. The first-order chi connectivity index (χ1) is 12.0. The quantitative estimate of drug-likeness (QED) is 0.474. The van der Waals surface area contributed by atoms with Gasteiger partial charge in [0.2, 0.25) is 0 Å². The van der Waals surface area contributed by atoms with E-state index in [1.54, 1.807) is 0 Å². The topological polar surface area (TPSA) is 0 Å². The predicted octanol–water partition coefficient (Wildman–Crippen LogP) is 3.48. The summed E-state index contributed by atoms with van der Waals surface area (Å²) in [5.74, 6) is 21.9. The minimum absolute atomic E-state index is 1.53. The van der Waals surface area contributed by atoms with Crippen molar-refractivity contribution in [1.29, 1.82) is 0 Å². The molecule has 0 N–H and O–H groups in total. The number of hydrogen-bond acceptors (Lipinski definition) is 0. The molecule has 0 aromatic carbocycles. The van der Waals surface area contributed by atoms with E-state index in [-0.39, 0.29) is 0 Å². The van der Waals surface area contributed by atoms with Crippen LogP contribution in [0.3, 0.4) is 0 Å². The fourth-order valence-electron chi connectivity index (χ4n) is 0.955. The van der Waals surface area contributed by atoms with Crippen molar-refractivity contribution in [3.63, 3.8) is 0 Å². The van der Waals surface area contributed by atoms with E-state index in [0.29, 0.717) is 0 Å². The van der Waals surface area contributed by atoms with Crippen LogP contribution in [0.4, 0.5) is 0 Å². The van der Waals surface area contributed by atoms with Crippen LogP contribution in [0, 0.1) is 47.4 Å². The minimum Gasteiger partial charge on any atom is -0.0604 e. The molecule has 0 fully saturated rings. The summed E-state index contributed by atoms with van der Waals surface area (Å²) in [4.78, 5) is 0. The molecule has 0 radical (unpaired) electrons. The predicted molar refractivity (Wildman–Crippen MR) is 95.8 cm³/mol. The van der Waals surface area contributed by atoms with Gasteiger partial charge in [-0.1, -0.05) is 93.2 Å². The summed E-state index contributed by atoms with van der Waals surface area (Å²) < 4.78 is 0. The second kappa shape index (κ2) is 14.8. The van der Waals surface area contributed by atoms with Crippen molar-refractivity contribution in [2.45, 2.75) is 0 Å². The van der Waals surface area contributed by atoms with Gasteiger partial charge in [0.1, 0.15) is 0 Å². The average molecular weight is 296 g/mol. The zero-order chi connectivity index (χ0) is 17.0. The first kappa shape index (κ1) is 17.5. The summed E-state index contributed by atoms with van der Waals surface area (Å²) in [6, 6.07) is 0. The van der Waals surface area contributed by atoms with Crippen LogP contribution in [0.5, 0.6) is 0 Å². The smallest absolute Gasteiger partial charge is 0.0390 e. The fraction of sp³-hybridized carbons (Fsp3) is 0. The zero-order valence-corrected chi connectivity index (χ0v) is 12.6. The fourth-order valence-corrected chi connectivity index (χ4v) is 0.955. The molecule has 104 valence electrons. The Labute approximate surface area is 142 Å². The lowest BCUT2D eigenvalue weighted by Gasteiger charge is -1.60. The highest BCUT2D eigenvalue weighted by atomic mass is 13.6. The molecule has 1 aliphatic rings. The molecular weight excluding hydrogens is 288 g/mol. The standard InChI is InChI=1S/C24H8/c1-2-4-6-8-10-12-14-16-18-20-22-24-23-21-19-17-15-13-11-9-7-5-3-1/h1,6-7,12-13,18-19,24H. The zero-order valence-electron chi connectivity index (χ0n) is 12.6. The third-order valence-corrected chi connectivity index (χ3v) is 1.82. The summed E-state index contributed by atoms with van der Waals surface area (Å²) in [6.45, 7) is 0. The maximum Gasteiger partial charge on any atom is 0.0390 e. The Morgan fingerprint density at radius 3 is 0.458 bits per heavy atom. The second-order valence-electron chi connectivity index (χ2n) is 3.46. The van der Waals surface area contributed by atoms with Crippen molar-refractivity contribution in [3.05, 3.63) is 94.5 Å². The summed E-state index contributed by atoms with van der Waals surface area (Å²) in [5, 5.41) is 0. The number of hydrogen-bond donors (Lipinski definition) is 0. The highest BCUT2D eigenvalue weighted by Crippen LogP contribution is 1.70.